The minimum Gasteiger partial charge on any atom is -0.478 e. The standard InChI is InChI=1S/C14H15N3O3S/c1-8-7-10(3-4-11(8)13(18)19)17-14(20)16-9(2)12-15-5-6-21-12/h3-7,9H,1-2H3,(H,18,19)(H2,16,17,20). The van der Waals surface area contributed by atoms with Crippen LogP contribution in [0.25, 0.3) is 0 Å². The smallest absolute Gasteiger partial charge is 0.335 e. The van der Waals surface area contributed by atoms with Crippen molar-refractivity contribution in [2.75, 3.05) is 5.32 Å². The minimum atomic E-state index is -0.985. The lowest BCUT2D eigenvalue weighted by atomic mass is 10.1. The number of nitrogens with one attached hydrogen (secondary N) is 2. The highest BCUT2D eigenvalue weighted by Gasteiger charge is 2.12. The van der Waals surface area contributed by atoms with E-state index in [1.807, 2.05) is 12.3 Å². The monoisotopic (exact) mass is 305 g/mol. The molecule has 1 heterocycles. The van der Waals surface area contributed by atoms with Crippen LogP contribution in [0.5, 0.6) is 0 Å². The van der Waals surface area contributed by atoms with E-state index in [0.717, 1.165) is 5.01 Å². The van der Waals surface area contributed by atoms with Crippen LogP contribution in [0.2, 0.25) is 0 Å². The average molecular weight is 305 g/mol. The third-order valence-electron chi connectivity index (χ3n) is 2.88. The molecule has 2 rings (SSSR count). The number of thiazole rings is 1. The highest BCUT2D eigenvalue weighted by Crippen LogP contribution is 2.17. The molecule has 0 aliphatic rings. The normalized spacial score (nSPS) is 11.7. The maximum Gasteiger partial charge on any atom is 0.335 e. The van der Waals surface area contributed by atoms with Gasteiger partial charge in [0, 0.05) is 17.3 Å². The van der Waals surface area contributed by atoms with E-state index in [1.54, 1.807) is 25.3 Å². The fraction of sp³-hybridized carbons (Fsp3) is 0.214. The summed E-state index contributed by atoms with van der Waals surface area (Å²) in [5.41, 5.74) is 1.35. The summed E-state index contributed by atoms with van der Waals surface area (Å²) in [5.74, 6) is -0.985. The summed E-state index contributed by atoms with van der Waals surface area (Å²) in [5, 5.41) is 17.1. The molecule has 0 bridgehead atoms. The van der Waals surface area contributed by atoms with Gasteiger partial charge < -0.3 is 15.7 Å². The lowest BCUT2D eigenvalue weighted by molar-refractivity contribution is 0.0696. The quantitative estimate of drug-likeness (QED) is 0.809. The summed E-state index contributed by atoms with van der Waals surface area (Å²) in [6.07, 6.45) is 1.68. The highest BCUT2D eigenvalue weighted by molar-refractivity contribution is 7.09. The molecule has 0 fully saturated rings. The first-order valence-electron chi connectivity index (χ1n) is 6.28. The van der Waals surface area contributed by atoms with Gasteiger partial charge in [0.15, 0.2) is 0 Å². The Hall–Kier alpha value is -2.41. The van der Waals surface area contributed by atoms with Gasteiger partial charge in [0.1, 0.15) is 5.01 Å². The summed E-state index contributed by atoms with van der Waals surface area (Å²) < 4.78 is 0. The molecular weight excluding hydrogens is 290 g/mol. The number of aryl methyl sites for hydroxylation is 1. The lowest BCUT2D eigenvalue weighted by Gasteiger charge is -2.13. The topological polar surface area (TPSA) is 91.3 Å². The van der Waals surface area contributed by atoms with Crippen molar-refractivity contribution in [3.63, 3.8) is 0 Å². The van der Waals surface area contributed by atoms with Gasteiger partial charge in [-0.15, -0.1) is 11.3 Å². The van der Waals surface area contributed by atoms with Crippen molar-refractivity contribution in [1.82, 2.24) is 10.3 Å². The van der Waals surface area contributed by atoms with E-state index in [2.05, 4.69) is 15.6 Å². The van der Waals surface area contributed by atoms with Crippen molar-refractivity contribution < 1.29 is 14.7 Å². The number of carbonyl (C=O) groups excluding carboxylic acids is 1. The Morgan fingerprint density at radius 3 is 2.71 bits per heavy atom. The molecule has 21 heavy (non-hydrogen) atoms. The Kier molecular flexibility index (Phi) is 4.54. The lowest BCUT2D eigenvalue weighted by Crippen LogP contribution is -2.31. The summed E-state index contributed by atoms with van der Waals surface area (Å²) in [6, 6.07) is 4.10. The molecule has 0 aliphatic heterocycles. The van der Waals surface area contributed by atoms with Crippen LogP contribution in [-0.2, 0) is 0 Å². The Morgan fingerprint density at radius 2 is 2.14 bits per heavy atom. The van der Waals surface area contributed by atoms with Crippen molar-refractivity contribution in [3.05, 3.63) is 45.9 Å². The van der Waals surface area contributed by atoms with Gasteiger partial charge in [-0.1, -0.05) is 0 Å². The molecule has 0 spiro atoms. The first-order chi connectivity index (χ1) is 9.97. The number of anilines is 1. The van der Waals surface area contributed by atoms with Crippen LogP contribution < -0.4 is 10.6 Å². The first kappa shape index (κ1) is 15.0. The van der Waals surface area contributed by atoms with E-state index < -0.39 is 5.97 Å². The van der Waals surface area contributed by atoms with Gasteiger partial charge in [-0.05, 0) is 37.6 Å². The molecule has 2 amide bonds. The third kappa shape index (κ3) is 3.79. The number of aromatic carboxylic acids is 1. The van der Waals surface area contributed by atoms with E-state index >= 15 is 0 Å². The second-order valence-corrected chi connectivity index (χ2v) is 5.45. The molecule has 0 saturated carbocycles. The summed E-state index contributed by atoms with van der Waals surface area (Å²) in [4.78, 5) is 26.9. The van der Waals surface area contributed by atoms with Crippen LogP contribution in [0.15, 0.2) is 29.8 Å². The average Bonchev–Trinajstić information content (AvgIpc) is 2.91. The summed E-state index contributed by atoms with van der Waals surface area (Å²) >= 11 is 1.47. The van der Waals surface area contributed by atoms with Crippen molar-refractivity contribution in [2.24, 2.45) is 0 Å². The number of carboxylic acids is 1. The first-order valence-corrected chi connectivity index (χ1v) is 7.16. The van der Waals surface area contributed by atoms with Crippen molar-refractivity contribution >= 4 is 29.0 Å². The van der Waals surface area contributed by atoms with Gasteiger partial charge in [-0.3, -0.25) is 0 Å². The second-order valence-electron chi connectivity index (χ2n) is 4.53. The van der Waals surface area contributed by atoms with Gasteiger partial charge >= 0.3 is 12.0 Å². The number of nitrogens with zero attached hydrogens (tertiary/aromatic N) is 1. The second kappa shape index (κ2) is 6.36. The van der Waals surface area contributed by atoms with E-state index in [0.29, 0.717) is 11.3 Å². The Balaban J connectivity index is 2.00. The summed E-state index contributed by atoms with van der Waals surface area (Å²) in [7, 11) is 0. The molecule has 1 atom stereocenters. The molecular formula is C14H15N3O3S. The molecule has 110 valence electrons. The maximum atomic E-state index is 11.9. The molecule has 6 nitrogen and oxygen atoms in total. The molecule has 1 aromatic carbocycles. The van der Waals surface area contributed by atoms with Crippen molar-refractivity contribution in [1.29, 1.82) is 0 Å². The largest absolute Gasteiger partial charge is 0.478 e. The molecule has 2 aromatic rings. The highest BCUT2D eigenvalue weighted by atomic mass is 32.1. The zero-order valence-corrected chi connectivity index (χ0v) is 12.4. The predicted octanol–water partition coefficient (Wildman–Crippen LogP) is 3.03. The van der Waals surface area contributed by atoms with Crippen LogP contribution in [0, 0.1) is 6.92 Å². The van der Waals surface area contributed by atoms with Gasteiger partial charge in [0.2, 0.25) is 0 Å². The number of benzene rings is 1. The number of rotatable bonds is 4. The van der Waals surface area contributed by atoms with Gasteiger partial charge in [-0.25, -0.2) is 14.6 Å². The molecule has 7 heteroatoms. The van der Waals surface area contributed by atoms with Crippen LogP contribution in [0.4, 0.5) is 10.5 Å². The molecule has 1 unspecified atom stereocenters. The molecule has 3 N–H and O–H groups in total. The number of carbonyl (C=O) groups is 2. The number of urea groups is 1. The number of amides is 2. The summed E-state index contributed by atoms with van der Waals surface area (Å²) in [6.45, 7) is 3.53. The Morgan fingerprint density at radius 1 is 1.38 bits per heavy atom. The molecule has 0 saturated heterocycles. The van der Waals surface area contributed by atoms with Gasteiger partial charge in [0.25, 0.3) is 0 Å². The number of hydrogen-bond donors (Lipinski definition) is 3. The molecule has 0 aliphatic carbocycles. The van der Waals surface area contributed by atoms with Crippen LogP contribution in [-0.4, -0.2) is 22.1 Å². The van der Waals surface area contributed by atoms with Gasteiger partial charge in [-0.2, -0.15) is 0 Å². The Labute approximate surface area is 125 Å². The fourth-order valence-electron chi connectivity index (χ4n) is 1.86. The molecule has 1 aromatic heterocycles. The van der Waals surface area contributed by atoms with E-state index in [9.17, 15) is 9.59 Å². The predicted molar refractivity (Wildman–Crippen MR) is 80.8 cm³/mol. The van der Waals surface area contributed by atoms with Crippen LogP contribution >= 0.6 is 11.3 Å². The van der Waals surface area contributed by atoms with E-state index in [-0.39, 0.29) is 17.6 Å². The SMILES string of the molecule is Cc1cc(NC(=O)NC(C)c2nccs2)ccc1C(=O)O. The number of aromatic nitrogens is 1. The van der Waals surface area contributed by atoms with E-state index in [4.69, 9.17) is 5.11 Å². The minimum absolute atomic E-state index is 0.190. The van der Waals surface area contributed by atoms with Crippen molar-refractivity contribution in [2.45, 2.75) is 19.9 Å². The van der Waals surface area contributed by atoms with Gasteiger partial charge in [0.05, 0.1) is 11.6 Å². The fourth-order valence-corrected chi connectivity index (χ4v) is 2.50. The third-order valence-corrected chi connectivity index (χ3v) is 3.84. The molecule has 0 radical (unpaired) electrons. The number of hydrogen-bond acceptors (Lipinski definition) is 4. The Bertz CT molecular complexity index is 655. The zero-order valence-electron chi connectivity index (χ0n) is 11.6. The van der Waals surface area contributed by atoms with E-state index in [1.165, 1.54) is 17.4 Å². The van der Waals surface area contributed by atoms with Crippen LogP contribution in [0.1, 0.15) is 33.9 Å². The van der Waals surface area contributed by atoms with Crippen molar-refractivity contribution in [3.8, 4) is 0 Å². The number of carboxylic acid groups (broad SMARTS) is 1. The zero-order chi connectivity index (χ0) is 15.4. The maximum absolute atomic E-state index is 11.9. The van der Waals surface area contributed by atoms with Crippen LogP contribution in [0.3, 0.4) is 0 Å².